The fourth-order valence-corrected chi connectivity index (χ4v) is 2.29. The maximum Gasteiger partial charge on any atom is 0.193 e. The third-order valence-corrected chi connectivity index (χ3v) is 3.67. The molecule has 2 rings (SSSR count). The van der Waals surface area contributed by atoms with Crippen LogP contribution in [0.2, 0.25) is 0 Å². The SMILES string of the molecule is CCOc1ccc(CN(C)C(=NC)NC2CCC2)cc1.I. The minimum absolute atomic E-state index is 0. The average molecular weight is 403 g/mol. The van der Waals surface area contributed by atoms with Gasteiger partial charge in [0.1, 0.15) is 5.75 Å². The van der Waals surface area contributed by atoms with Crippen LogP contribution in [0.5, 0.6) is 5.75 Å². The van der Waals surface area contributed by atoms with Crippen LogP contribution in [0, 0.1) is 0 Å². The number of aliphatic imine (C=N–C) groups is 1. The molecule has 0 atom stereocenters. The molecule has 21 heavy (non-hydrogen) atoms. The Hall–Kier alpha value is -0.980. The highest BCUT2D eigenvalue weighted by Gasteiger charge is 2.19. The maximum atomic E-state index is 5.46. The van der Waals surface area contributed by atoms with Gasteiger partial charge in [0, 0.05) is 26.7 Å². The van der Waals surface area contributed by atoms with Crippen LogP contribution in [-0.2, 0) is 6.54 Å². The molecule has 0 aliphatic heterocycles. The van der Waals surface area contributed by atoms with Gasteiger partial charge in [0.2, 0.25) is 0 Å². The van der Waals surface area contributed by atoms with Gasteiger partial charge in [0.25, 0.3) is 0 Å². The molecular formula is C16H26IN3O. The van der Waals surface area contributed by atoms with Crippen LogP contribution in [-0.4, -0.2) is 37.6 Å². The van der Waals surface area contributed by atoms with Crippen molar-refractivity contribution < 1.29 is 4.74 Å². The van der Waals surface area contributed by atoms with E-state index in [4.69, 9.17) is 4.74 Å². The van der Waals surface area contributed by atoms with Crippen molar-refractivity contribution in [2.45, 2.75) is 38.8 Å². The number of rotatable bonds is 5. The van der Waals surface area contributed by atoms with Crippen LogP contribution in [0.25, 0.3) is 0 Å². The fraction of sp³-hybridized carbons (Fsp3) is 0.562. The quantitative estimate of drug-likeness (QED) is 0.466. The summed E-state index contributed by atoms with van der Waals surface area (Å²) in [6.07, 6.45) is 3.85. The molecule has 5 heteroatoms. The van der Waals surface area contributed by atoms with E-state index in [-0.39, 0.29) is 24.0 Å². The molecule has 0 heterocycles. The van der Waals surface area contributed by atoms with Crippen molar-refractivity contribution in [3.63, 3.8) is 0 Å². The van der Waals surface area contributed by atoms with E-state index >= 15 is 0 Å². The van der Waals surface area contributed by atoms with Gasteiger partial charge < -0.3 is 15.0 Å². The number of hydrogen-bond donors (Lipinski definition) is 1. The molecule has 0 aromatic heterocycles. The van der Waals surface area contributed by atoms with Crippen LogP contribution < -0.4 is 10.1 Å². The fourth-order valence-electron chi connectivity index (χ4n) is 2.29. The van der Waals surface area contributed by atoms with E-state index < -0.39 is 0 Å². The lowest BCUT2D eigenvalue weighted by molar-refractivity contribution is 0.340. The minimum Gasteiger partial charge on any atom is -0.494 e. The van der Waals surface area contributed by atoms with Crippen molar-refractivity contribution >= 4 is 29.9 Å². The second-order valence-electron chi connectivity index (χ2n) is 5.25. The zero-order valence-electron chi connectivity index (χ0n) is 13.1. The Labute approximate surface area is 145 Å². The molecule has 0 radical (unpaired) electrons. The third kappa shape index (κ3) is 5.37. The van der Waals surface area contributed by atoms with Gasteiger partial charge in [-0.2, -0.15) is 0 Å². The van der Waals surface area contributed by atoms with E-state index in [1.807, 2.05) is 26.1 Å². The highest BCUT2D eigenvalue weighted by atomic mass is 127. The molecule has 0 spiro atoms. The maximum absolute atomic E-state index is 5.46. The Morgan fingerprint density at radius 3 is 2.48 bits per heavy atom. The molecule has 1 N–H and O–H groups in total. The van der Waals surface area contributed by atoms with Crippen molar-refractivity contribution in [1.29, 1.82) is 0 Å². The summed E-state index contributed by atoms with van der Waals surface area (Å²) in [5, 5.41) is 3.51. The van der Waals surface area contributed by atoms with E-state index in [2.05, 4.69) is 34.4 Å². The van der Waals surface area contributed by atoms with Gasteiger partial charge in [0.05, 0.1) is 6.61 Å². The van der Waals surface area contributed by atoms with E-state index in [1.54, 1.807) is 0 Å². The lowest BCUT2D eigenvalue weighted by Crippen LogP contribution is -2.46. The Morgan fingerprint density at radius 1 is 1.33 bits per heavy atom. The van der Waals surface area contributed by atoms with Gasteiger partial charge in [-0.15, -0.1) is 24.0 Å². The Kier molecular flexibility index (Phi) is 7.85. The first kappa shape index (κ1) is 18.1. The second kappa shape index (κ2) is 9.12. The van der Waals surface area contributed by atoms with Crippen LogP contribution in [0.3, 0.4) is 0 Å². The lowest BCUT2D eigenvalue weighted by atomic mass is 9.93. The minimum atomic E-state index is 0. The van der Waals surface area contributed by atoms with Gasteiger partial charge in [-0.3, -0.25) is 4.99 Å². The van der Waals surface area contributed by atoms with Crippen molar-refractivity contribution in [2.24, 2.45) is 4.99 Å². The van der Waals surface area contributed by atoms with Crippen LogP contribution in [0.4, 0.5) is 0 Å². The summed E-state index contributed by atoms with van der Waals surface area (Å²) in [6, 6.07) is 8.87. The zero-order valence-corrected chi connectivity index (χ0v) is 15.5. The van der Waals surface area contributed by atoms with Gasteiger partial charge >= 0.3 is 0 Å². The molecule has 1 aromatic rings. The normalized spacial score (nSPS) is 14.9. The van der Waals surface area contributed by atoms with Crippen molar-refractivity contribution in [1.82, 2.24) is 10.2 Å². The molecule has 0 saturated heterocycles. The largest absolute Gasteiger partial charge is 0.494 e. The molecule has 0 unspecified atom stereocenters. The van der Waals surface area contributed by atoms with Gasteiger partial charge in [0.15, 0.2) is 5.96 Å². The standard InChI is InChI=1S/C16H25N3O.HI/c1-4-20-15-10-8-13(9-11-15)12-19(3)16(17-2)18-14-6-5-7-14;/h8-11,14H,4-7,12H2,1-3H3,(H,17,18);1H. The highest BCUT2D eigenvalue weighted by molar-refractivity contribution is 14.0. The number of nitrogens with one attached hydrogen (secondary N) is 1. The van der Waals surface area contributed by atoms with Gasteiger partial charge in [-0.1, -0.05) is 12.1 Å². The zero-order chi connectivity index (χ0) is 14.4. The summed E-state index contributed by atoms with van der Waals surface area (Å²) < 4.78 is 5.46. The Morgan fingerprint density at radius 2 is 2.00 bits per heavy atom. The second-order valence-corrected chi connectivity index (χ2v) is 5.25. The number of hydrogen-bond acceptors (Lipinski definition) is 2. The summed E-state index contributed by atoms with van der Waals surface area (Å²) in [4.78, 5) is 6.52. The smallest absolute Gasteiger partial charge is 0.193 e. The summed E-state index contributed by atoms with van der Waals surface area (Å²) in [6.45, 7) is 3.55. The molecule has 1 saturated carbocycles. The summed E-state index contributed by atoms with van der Waals surface area (Å²) >= 11 is 0. The van der Waals surface area contributed by atoms with Gasteiger partial charge in [-0.25, -0.2) is 0 Å². The first-order valence-electron chi connectivity index (χ1n) is 7.39. The summed E-state index contributed by atoms with van der Waals surface area (Å²) in [5.41, 5.74) is 1.26. The molecule has 118 valence electrons. The van der Waals surface area contributed by atoms with Crippen LogP contribution >= 0.6 is 24.0 Å². The van der Waals surface area contributed by atoms with Crippen molar-refractivity contribution in [3.05, 3.63) is 29.8 Å². The van der Waals surface area contributed by atoms with E-state index in [0.29, 0.717) is 12.6 Å². The first-order chi connectivity index (χ1) is 9.72. The molecule has 1 fully saturated rings. The van der Waals surface area contributed by atoms with E-state index in [9.17, 15) is 0 Å². The lowest BCUT2D eigenvalue weighted by Gasteiger charge is -2.31. The topological polar surface area (TPSA) is 36.9 Å². The Balaban J connectivity index is 0.00000220. The molecular weight excluding hydrogens is 377 g/mol. The van der Waals surface area contributed by atoms with Crippen LogP contribution in [0.15, 0.2) is 29.3 Å². The number of nitrogens with zero attached hydrogens (tertiary/aromatic N) is 2. The molecule has 1 aromatic carbocycles. The van der Waals surface area contributed by atoms with Gasteiger partial charge in [-0.05, 0) is 43.9 Å². The predicted octanol–water partition coefficient (Wildman–Crippen LogP) is 3.26. The molecule has 4 nitrogen and oxygen atoms in total. The van der Waals surface area contributed by atoms with Crippen LogP contribution in [0.1, 0.15) is 31.7 Å². The number of halogens is 1. The number of ether oxygens (including phenoxy) is 1. The molecule has 0 amide bonds. The summed E-state index contributed by atoms with van der Waals surface area (Å²) in [5.74, 6) is 1.90. The first-order valence-corrected chi connectivity index (χ1v) is 7.39. The van der Waals surface area contributed by atoms with E-state index in [0.717, 1.165) is 18.3 Å². The van der Waals surface area contributed by atoms with E-state index in [1.165, 1.54) is 24.8 Å². The molecule has 1 aliphatic carbocycles. The average Bonchev–Trinajstić information content (AvgIpc) is 2.40. The van der Waals surface area contributed by atoms with Crippen molar-refractivity contribution in [3.8, 4) is 5.75 Å². The monoisotopic (exact) mass is 403 g/mol. The van der Waals surface area contributed by atoms with Crippen molar-refractivity contribution in [2.75, 3.05) is 20.7 Å². The predicted molar refractivity (Wildman–Crippen MR) is 98.6 cm³/mol. The third-order valence-electron chi connectivity index (χ3n) is 3.67. The number of guanidine groups is 1. The summed E-state index contributed by atoms with van der Waals surface area (Å²) in [7, 11) is 3.92. The molecule has 0 bridgehead atoms. The number of benzene rings is 1. The Bertz CT molecular complexity index is 443. The molecule has 1 aliphatic rings. The highest BCUT2D eigenvalue weighted by Crippen LogP contribution is 2.18.